The molecule has 0 aromatic heterocycles. The average Bonchev–Trinajstić information content (AvgIpc) is 3.01. The van der Waals surface area contributed by atoms with E-state index in [1.807, 2.05) is 4.90 Å². The molecule has 7 heteroatoms. The Labute approximate surface area is 173 Å². The molecule has 2 saturated heterocycles. The number of likely N-dealkylation sites (tertiary alicyclic amines) is 1. The highest BCUT2D eigenvalue weighted by molar-refractivity contribution is 6.22. The Bertz CT molecular complexity index is 920. The van der Waals surface area contributed by atoms with Crippen LogP contribution in [0.4, 0.5) is 18.9 Å². The molecule has 0 radical (unpaired) electrons. The standard InChI is InChI=1S/C23H23F3N2O2/c24-17-3-5-20(6-4-17)28-22(29)14-21(23(28)30)27-9-7-15(8-10-27)1-2-16-11-18(25)13-19(26)12-16/h3-6,11-13,15,21H,1-2,7-10,14H2. The summed E-state index contributed by atoms with van der Waals surface area (Å²) >= 11 is 0. The Hall–Kier alpha value is -2.67. The van der Waals surface area contributed by atoms with Gasteiger partial charge in [-0.3, -0.25) is 14.5 Å². The van der Waals surface area contributed by atoms with Gasteiger partial charge in [0.05, 0.1) is 18.2 Å². The van der Waals surface area contributed by atoms with E-state index in [4.69, 9.17) is 0 Å². The van der Waals surface area contributed by atoms with Crippen LogP contribution in [0.5, 0.6) is 0 Å². The zero-order valence-corrected chi connectivity index (χ0v) is 16.5. The lowest BCUT2D eigenvalue weighted by Crippen LogP contribution is -2.46. The van der Waals surface area contributed by atoms with Crippen molar-refractivity contribution in [3.8, 4) is 0 Å². The van der Waals surface area contributed by atoms with E-state index in [1.54, 1.807) is 0 Å². The average molecular weight is 416 g/mol. The number of imide groups is 1. The lowest BCUT2D eigenvalue weighted by Gasteiger charge is -2.34. The number of benzene rings is 2. The van der Waals surface area contributed by atoms with Crippen LogP contribution >= 0.6 is 0 Å². The topological polar surface area (TPSA) is 40.6 Å². The number of piperidine rings is 1. The number of nitrogens with zero attached hydrogens (tertiary/aromatic N) is 2. The number of anilines is 1. The third kappa shape index (κ3) is 4.41. The summed E-state index contributed by atoms with van der Waals surface area (Å²) < 4.78 is 39.8. The summed E-state index contributed by atoms with van der Waals surface area (Å²) in [6.07, 6.45) is 3.30. The molecule has 1 unspecified atom stereocenters. The number of hydrogen-bond acceptors (Lipinski definition) is 3. The Kier molecular flexibility index (Phi) is 5.90. The number of carbonyl (C=O) groups is 2. The Morgan fingerprint density at radius 3 is 2.13 bits per heavy atom. The van der Waals surface area contributed by atoms with Crippen LogP contribution in [0.2, 0.25) is 0 Å². The molecule has 2 aromatic rings. The van der Waals surface area contributed by atoms with Crippen molar-refractivity contribution in [3.05, 3.63) is 65.5 Å². The summed E-state index contributed by atoms with van der Waals surface area (Å²) in [7, 11) is 0. The van der Waals surface area contributed by atoms with E-state index < -0.39 is 23.5 Å². The predicted octanol–water partition coefficient (Wildman–Crippen LogP) is 4.08. The summed E-state index contributed by atoms with van der Waals surface area (Å²) in [5.41, 5.74) is 1.05. The molecule has 158 valence electrons. The summed E-state index contributed by atoms with van der Waals surface area (Å²) in [4.78, 5) is 28.5. The van der Waals surface area contributed by atoms with Gasteiger partial charge in [-0.15, -0.1) is 0 Å². The minimum absolute atomic E-state index is 0.128. The second-order valence-corrected chi connectivity index (χ2v) is 8.06. The summed E-state index contributed by atoms with van der Waals surface area (Å²) in [6.45, 7) is 1.40. The van der Waals surface area contributed by atoms with Crippen molar-refractivity contribution in [2.24, 2.45) is 5.92 Å². The number of aryl methyl sites for hydroxylation is 1. The molecule has 4 nitrogen and oxygen atoms in total. The van der Waals surface area contributed by atoms with Gasteiger partial charge >= 0.3 is 0 Å². The van der Waals surface area contributed by atoms with Crippen molar-refractivity contribution in [1.29, 1.82) is 0 Å². The predicted molar refractivity (Wildman–Crippen MR) is 106 cm³/mol. The zero-order chi connectivity index (χ0) is 21.3. The van der Waals surface area contributed by atoms with Crippen LogP contribution in [-0.2, 0) is 16.0 Å². The maximum atomic E-state index is 13.3. The quantitative estimate of drug-likeness (QED) is 0.690. The highest BCUT2D eigenvalue weighted by atomic mass is 19.1. The third-order valence-electron chi connectivity index (χ3n) is 6.06. The van der Waals surface area contributed by atoms with Crippen LogP contribution in [0.25, 0.3) is 0 Å². The lowest BCUT2D eigenvalue weighted by atomic mass is 9.90. The van der Waals surface area contributed by atoms with E-state index in [2.05, 4.69) is 0 Å². The zero-order valence-electron chi connectivity index (χ0n) is 16.5. The van der Waals surface area contributed by atoms with E-state index in [9.17, 15) is 22.8 Å². The molecule has 4 rings (SSSR count). The van der Waals surface area contributed by atoms with Gasteiger partial charge in [0.1, 0.15) is 17.5 Å². The van der Waals surface area contributed by atoms with E-state index in [0.717, 1.165) is 30.2 Å². The fraction of sp³-hybridized carbons (Fsp3) is 0.391. The van der Waals surface area contributed by atoms with Gasteiger partial charge in [-0.1, -0.05) is 0 Å². The van der Waals surface area contributed by atoms with Crippen molar-refractivity contribution in [2.45, 2.75) is 38.1 Å². The van der Waals surface area contributed by atoms with Gasteiger partial charge in [0.25, 0.3) is 5.91 Å². The second-order valence-electron chi connectivity index (χ2n) is 8.06. The number of rotatable bonds is 5. The monoisotopic (exact) mass is 416 g/mol. The molecule has 2 fully saturated rings. The van der Waals surface area contributed by atoms with Gasteiger partial charge < -0.3 is 0 Å². The Morgan fingerprint density at radius 2 is 1.50 bits per heavy atom. The highest BCUT2D eigenvalue weighted by Crippen LogP contribution is 2.30. The van der Waals surface area contributed by atoms with E-state index >= 15 is 0 Å². The number of hydrogen-bond donors (Lipinski definition) is 0. The van der Waals surface area contributed by atoms with Crippen molar-refractivity contribution >= 4 is 17.5 Å². The van der Waals surface area contributed by atoms with Crippen LogP contribution in [0.15, 0.2) is 42.5 Å². The van der Waals surface area contributed by atoms with Crippen LogP contribution in [0.1, 0.15) is 31.2 Å². The molecular formula is C23H23F3N2O2. The molecule has 0 bridgehead atoms. The molecule has 2 aliphatic rings. The molecule has 2 amide bonds. The van der Waals surface area contributed by atoms with Gasteiger partial charge in [0.2, 0.25) is 5.91 Å². The number of amides is 2. The van der Waals surface area contributed by atoms with Gasteiger partial charge in [0.15, 0.2) is 0 Å². The first-order valence-corrected chi connectivity index (χ1v) is 10.2. The molecule has 0 aliphatic carbocycles. The molecule has 0 spiro atoms. The first-order chi connectivity index (χ1) is 14.4. The van der Waals surface area contributed by atoms with Crippen LogP contribution < -0.4 is 4.90 Å². The van der Waals surface area contributed by atoms with Gasteiger partial charge in [-0.05, 0) is 86.7 Å². The molecular weight excluding hydrogens is 393 g/mol. The van der Waals surface area contributed by atoms with Crippen molar-refractivity contribution < 1.29 is 22.8 Å². The Morgan fingerprint density at radius 1 is 0.867 bits per heavy atom. The van der Waals surface area contributed by atoms with Crippen molar-refractivity contribution in [3.63, 3.8) is 0 Å². The third-order valence-corrected chi connectivity index (χ3v) is 6.06. The summed E-state index contributed by atoms with van der Waals surface area (Å²) in [6, 6.07) is 8.47. The number of carbonyl (C=O) groups excluding carboxylic acids is 2. The first kappa shape index (κ1) is 20.6. The van der Waals surface area contributed by atoms with E-state index in [0.29, 0.717) is 36.7 Å². The Balaban J connectivity index is 1.32. The number of halogens is 3. The van der Waals surface area contributed by atoms with Crippen molar-refractivity contribution in [1.82, 2.24) is 4.90 Å². The summed E-state index contributed by atoms with van der Waals surface area (Å²) in [5, 5.41) is 0. The molecule has 0 N–H and O–H groups in total. The van der Waals surface area contributed by atoms with Crippen LogP contribution in [-0.4, -0.2) is 35.8 Å². The molecule has 2 heterocycles. The lowest BCUT2D eigenvalue weighted by molar-refractivity contribution is -0.123. The minimum atomic E-state index is -0.560. The fourth-order valence-corrected chi connectivity index (χ4v) is 4.44. The maximum Gasteiger partial charge on any atom is 0.251 e. The maximum absolute atomic E-state index is 13.3. The van der Waals surface area contributed by atoms with Crippen LogP contribution in [0, 0.1) is 23.4 Å². The first-order valence-electron chi connectivity index (χ1n) is 10.2. The van der Waals surface area contributed by atoms with Gasteiger partial charge in [-0.25, -0.2) is 18.1 Å². The normalized spacial score (nSPS) is 20.9. The van der Waals surface area contributed by atoms with E-state index in [1.165, 1.54) is 36.4 Å². The molecule has 1 atom stereocenters. The molecule has 30 heavy (non-hydrogen) atoms. The largest absolute Gasteiger partial charge is 0.292 e. The van der Waals surface area contributed by atoms with E-state index in [-0.39, 0.29) is 18.2 Å². The SMILES string of the molecule is O=C1CC(N2CCC(CCc3cc(F)cc(F)c3)CC2)C(=O)N1c1ccc(F)cc1. The highest BCUT2D eigenvalue weighted by Gasteiger charge is 2.43. The van der Waals surface area contributed by atoms with Gasteiger partial charge in [0, 0.05) is 6.07 Å². The van der Waals surface area contributed by atoms with Gasteiger partial charge in [-0.2, -0.15) is 0 Å². The minimum Gasteiger partial charge on any atom is -0.292 e. The molecule has 2 aliphatic heterocycles. The van der Waals surface area contributed by atoms with Crippen molar-refractivity contribution in [2.75, 3.05) is 18.0 Å². The van der Waals surface area contributed by atoms with Crippen LogP contribution in [0.3, 0.4) is 0 Å². The molecule has 0 saturated carbocycles. The fourth-order valence-electron chi connectivity index (χ4n) is 4.44. The second kappa shape index (κ2) is 8.60. The smallest absolute Gasteiger partial charge is 0.251 e. The summed E-state index contributed by atoms with van der Waals surface area (Å²) in [5.74, 6) is -1.66. The molecule has 2 aromatic carbocycles.